The van der Waals surface area contributed by atoms with E-state index in [4.69, 9.17) is 4.74 Å². The van der Waals surface area contributed by atoms with Crippen molar-refractivity contribution in [2.45, 2.75) is 38.7 Å². The summed E-state index contributed by atoms with van der Waals surface area (Å²) in [6.45, 7) is 3.63. The fourth-order valence-corrected chi connectivity index (χ4v) is 2.41. The van der Waals surface area contributed by atoms with Gasteiger partial charge in [0.2, 0.25) is 5.91 Å². The number of carbonyl (C=O) groups is 1. The minimum Gasteiger partial charge on any atom is -0.368 e. The van der Waals surface area contributed by atoms with Crippen LogP contribution >= 0.6 is 15.9 Å². The molecule has 0 radical (unpaired) electrons. The van der Waals surface area contributed by atoms with Gasteiger partial charge in [-0.1, -0.05) is 22.9 Å². The van der Waals surface area contributed by atoms with Crippen molar-refractivity contribution in [3.63, 3.8) is 0 Å². The van der Waals surface area contributed by atoms with Gasteiger partial charge in [0.25, 0.3) is 0 Å². The molecule has 88 valence electrons. The monoisotopic (exact) mass is 277 g/mol. The largest absolute Gasteiger partial charge is 0.368 e. The SMILES string of the molecule is CC(CCBr)CNC(=O)C1CCCCO1. The zero-order chi connectivity index (χ0) is 11.1. The average molecular weight is 278 g/mol. The highest BCUT2D eigenvalue weighted by atomic mass is 79.9. The fourth-order valence-electron chi connectivity index (χ4n) is 1.62. The highest BCUT2D eigenvalue weighted by Crippen LogP contribution is 2.12. The number of amides is 1. The van der Waals surface area contributed by atoms with Crippen LogP contribution in [0.5, 0.6) is 0 Å². The topological polar surface area (TPSA) is 38.3 Å². The number of carbonyl (C=O) groups excluding carboxylic acids is 1. The Kier molecular flexibility index (Phi) is 6.25. The van der Waals surface area contributed by atoms with E-state index in [1.807, 2.05) is 0 Å². The van der Waals surface area contributed by atoms with Crippen LogP contribution in [-0.4, -0.2) is 30.5 Å². The van der Waals surface area contributed by atoms with Gasteiger partial charge in [0.05, 0.1) is 0 Å². The lowest BCUT2D eigenvalue weighted by molar-refractivity contribution is -0.135. The van der Waals surface area contributed by atoms with Crippen molar-refractivity contribution in [2.24, 2.45) is 5.92 Å². The molecular weight excluding hydrogens is 258 g/mol. The van der Waals surface area contributed by atoms with Crippen molar-refractivity contribution in [3.8, 4) is 0 Å². The molecule has 15 heavy (non-hydrogen) atoms. The van der Waals surface area contributed by atoms with Gasteiger partial charge in [0.1, 0.15) is 6.10 Å². The van der Waals surface area contributed by atoms with Crippen LogP contribution < -0.4 is 5.32 Å². The first-order valence-electron chi connectivity index (χ1n) is 5.69. The maximum absolute atomic E-state index is 11.7. The number of ether oxygens (including phenoxy) is 1. The molecule has 1 heterocycles. The zero-order valence-electron chi connectivity index (χ0n) is 9.30. The molecule has 2 atom stereocenters. The Morgan fingerprint density at radius 1 is 1.60 bits per heavy atom. The van der Waals surface area contributed by atoms with Crippen LogP contribution in [-0.2, 0) is 9.53 Å². The van der Waals surface area contributed by atoms with Gasteiger partial charge in [0, 0.05) is 18.5 Å². The summed E-state index contributed by atoms with van der Waals surface area (Å²) in [7, 11) is 0. The molecule has 1 fully saturated rings. The predicted molar refractivity (Wildman–Crippen MR) is 64.2 cm³/mol. The smallest absolute Gasteiger partial charge is 0.249 e. The third-order valence-electron chi connectivity index (χ3n) is 2.70. The summed E-state index contributed by atoms with van der Waals surface area (Å²) in [6.07, 6.45) is 3.96. The summed E-state index contributed by atoms with van der Waals surface area (Å²) in [6, 6.07) is 0. The van der Waals surface area contributed by atoms with E-state index in [9.17, 15) is 4.79 Å². The highest BCUT2D eigenvalue weighted by Gasteiger charge is 2.21. The van der Waals surface area contributed by atoms with Crippen LogP contribution in [0, 0.1) is 5.92 Å². The highest BCUT2D eigenvalue weighted by molar-refractivity contribution is 9.09. The van der Waals surface area contributed by atoms with Gasteiger partial charge < -0.3 is 10.1 Å². The van der Waals surface area contributed by atoms with Crippen molar-refractivity contribution in [1.82, 2.24) is 5.32 Å². The summed E-state index contributed by atoms with van der Waals surface area (Å²) in [4.78, 5) is 11.7. The van der Waals surface area contributed by atoms with E-state index >= 15 is 0 Å². The normalized spacial score (nSPS) is 23.5. The molecule has 0 aromatic heterocycles. The Balaban J connectivity index is 2.16. The van der Waals surface area contributed by atoms with Crippen molar-refractivity contribution in [1.29, 1.82) is 0 Å². The zero-order valence-corrected chi connectivity index (χ0v) is 10.9. The number of rotatable bonds is 5. The lowest BCUT2D eigenvalue weighted by atomic mass is 10.1. The van der Waals surface area contributed by atoms with Crippen molar-refractivity contribution < 1.29 is 9.53 Å². The van der Waals surface area contributed by atoms with E-state index in [-0.39, 0.29) is 12.0 Å². The molecule has 1 rings (SSSR count). The van der Waals surface area contributed by atoms with Crippen LogP contribution in [0.2, 0.25) is 0 Å². The van der Waals surface area contributed by atoms with E-state index in [2.05, 4.69) is 28.2 Å². The van der Waals surface area contributed by atoms with Gasteiger partial charge >= 0.3 is 0 Å². The van der Waals surface area contributed by atoms with E-state index in [1.165, 1.54) is 0 Å². The summed E-state index contributed by atoms with van der Waals surface area (Å²) in [5, 5.41) is 3.94. The van der Waals surface area contributed by atoms with Crippen LogP contribution in [0.1, 0.15) is 32.6 Å². The van der Waals surface area contributed by atoms with E-state index in [0.717, 1.165) is 44.2 Å². The summed E-state index contributed by atoms with van der Waals surface area (Å²) in [5.41, 5.74) is 0. The summed E-state index contributed by atoms with van der Waals surface area (Å²) < 4.78 is 5.41. The second-order valence-corrected chi connectivity index (χ2v) is 4.98. The van der Waals surface area contributed by atoms with Crippen LogP contribution in [0.3, 0.4) is 0 Å². The summed E-state index contributed by atoms with van der Waals surface area (Å²) in [5.74, 6) is 0.591. The summed E-state index contributed by atoms with van der Waals surface area (Å²) >= 11 is 3.40. The average Bonchev–Trinajstić information content (AvgIpc) is 2.27. The van der Waals surface area contributed by atoms with Gasteiger partial charge in [-0.2, -0.15) is 0 Å². The number of alkyl halides is 1. The Hall–Kier alpha value is -0.0900. The second kappa shape index (κ2) is 7.23. The number of hydrogen-bond acceptors (Lipinski definition) is 2. The second-order valence-electron chi connectivity index (χ2n) is 4.18. The first-order valence-corrected chi connectivity index (χ1v) is 6.81. The van der Waals surface area contributed by atoms with Gasteiger partial charge in [-0.15, -0.1) is 0 Å². The first kappa shape index (κ1) is 13.0. The van der Waals surface area contributed by atoms with E-state index < -0.39 is 0 Å². The van der Waals surface area contributed by atoms with E-state index in [0.29, 0.717) is 5.92 Å². The van der Waals surface area contributed by atoms with Crippen molar-refractivity contribution in [2.75, 3.05) is 18.5 Å². The lowest BCUT2D eigenvalue weighted by Crippen LogP contribution is -2.40. The predicted octanol–water partition coefficient (Wildman–Crippen LogP) is 2.09. The van der Waals surface area contributed by atoms with Gasteiger partial charge in [0.15, 0.2) is 0 Å². The number of hydrogen-bond donors (Lipinski definition) is 1. The molecule has 1 aliphatic rings. The molecule has 4 heteroatoms. The molecule has 0 bridgehead atoms. The molecule has 1 amide bonds. The van der Waals surface area contributed by atoms with Crippen LogP contribution in [0.4, 0.5) is 0 Å². The molecule has 1 N–H and O–H groups in total. The lowest BCUT2D eigenvalue weighted by Gasteiger charge is -2.22. The standard InChI is InChI=1S/C11H20BrNO2/c1-9(5-6-12)8-13-11(14)10-4-2-3-7-15-10/h9-10H,2-8H2,1H3,(H,13,14). The minimum atomic E-state index is -0.199. The third-order valence-corrected chi connectivity index (χ3v) is 3.16. The number of halogens is 1. The van der Waals surface area contributed by atoms with Crippen molar-refractivity contribution in [3.05, 3.63) is 0 Å². The van der Waals surface area contributed by atoms with Crippen molar-refractivity contribution >= 4 is 21.8 Å². The first-order chi connectivity index (χ1) is 7.24. The van der Waals surface area contributed by atoms with Gasteiger partial charge in [-0.3, -0.25) is 4.79 Å². The van der Waals surface area contributed by atoms with Gasteiger partial charge in [-0.25, -0.2) is 0 Å². The molecule has 0 aliphatic carbocycles. The molecular formula is C11H20BrNO2. The molecule has 3 nitrogen and oxygen atoms in total. The molecule has 0 spiro atoms. The molecule has 1 aliphatic heterocycles. The molecule has 2 unspecified atom stereocenters. The molecule has 0 saturated carbocycles. The van der Waals surface area contributed by atoms with Crippen LogP contribution in [0.15, 0.2) is 0 Å². The third kappa shape index (κ3) is 4.98. The molecule has 0 aromatic carbocycles. The Morgan fingerprint density at radius 2 is 2.40 bits per heavy atom. The minimum absolute atomic E-state index is 0.0659. The maximum Gasteiger partial charge on any atom is 0.249 e. The van der Waals surface area contributed by atoms with E-state index in [1.54, 1.807) is 0 Å². The fraction of sp³-hybridized carbons (Fsp3) is 0.909. The van der Waals surface area contributed by atoms with Crippen LogP contribution in [0.25, 0.3) is 0 Å². The quantitative estimate of drug-likeness (QED) is 0.782. The Labute approximate surface area is 100 Å². The Bertz CT molecular complexity index is 193. The maximum atomic E-state index is 11.7. The van der Waals surface area contributed by atoms with Gasteiger partial charge in [-0.05, 0) is 31.6 Å². The Morgan fingerprint density at radius 3 is 3.00 bits per heavy atom. The molecule has 0 aromatic rings. The molecule has 1 saturated heterocycles. The number of nitrogens with one attached hydrogen (secondary N) is 1.